The van der Waals surface area contributed by atoms with E-state index < -0.39 is 17.5 Å². The number of aromatic nitrogens is 1. The van der Waals surface area contributed by atoms with Gasteiger partial charge < -0.3 is 24.3 Å². The van der Waals surface area contributed by atoms with Crippen LogP contribution >= 0.6 is 0 Å². The number of hydrogen-bond donors (Lipinski definition) is 2. The number of nitrogens with zero attached hydrogens (tertiary/aromatic N) is 1. The van der Waals surface area contributed by atoms with Crippen molar-refractivity contribution < 1.29 is 24.5 Å². The number of aliphatic hydroxyl groups excluding tert-OH is 1. The predicted molar refractivity (Wildman–Crippen MR) is 102 cm³/mol. The van der Waals surface area contributed by atoms with Crippen LogP contribution in [0.2, 0.25) is 0 Å². The Labute approximate surface area is 162 Å². The van der Waals surface area contributed by atoms with Gasteiger partial charge in [0.05, 0.1) is 5.69 Å². The lowest BCUT2D eigenvalue weighted by Gasteiger charge is -2.31. The van der Waals surface area contributed by atoms with E-state index in [1.54, 1.807) is 0 Å². The van der Waals surface area contributed by atoms with Crippen LogP contribution in [0, 0.1) is 0 Å². The second kappa shape index (κ2) is 7.31. The van der Waals surface area contributed by atoms with E-state index in [9.17, 15) is 19.8 Å². The second-order valence-electron chi connectivity index (χ2n) is 7.38. The maximum atomic E-state index is 12.4. The summed E-state index contributed by atoms with van der Waals surface area (Å²) in [5, 5.41) is 19.2. The molecule has 0 saturated heterocycles. The van der Waals surface area contributed by atoms with Gasteiger partial charge in [-0.3, -0.25) is 4.79 Å². The molecule has 7 nitrogen and oxygen atoms in total. The smallest absolute Gasteiger partial charge is 0.341 e. The predicted octanol–water partition coefficient (Wildman–Crippen LogP) is 2.63. The summed E-state index contributed by atoms with van der Waals surface area (Å²) in [6.45, 7) is 2.42. The fraction of sp³-hybridized carbons (Fsp3) is 0.429. The van der Waals surface area contributed by atoms with Crippen LogP contribution < -0.4 is 14.9 Å². The maximum absolute atomic E-state index is 12.4. The number of benzene rings is 1. The first-order chi connectivity index (χ1) is 13.5. The number of rotatable bonds is 4. The summed E-state index contributed by atoms with van der Waals surface area (Å²) in [6, 6.07) is 5.21. The Hall–Kier alpha value is -2.80. The number of carbonyl (C=O) groups is 1. The minimum Gasteiger partial charge on any atom is -0.487 e. The van der Waals surface area contributed by atoms with E-state index in [1.165, 1.54) is 12.3 Å². The number of aromatic carboxylic acids is 1. The molecule has 2 N–H and O–H groups in total. The van der Waals surface area contributed by atoms with Crippen LogP contribution in [-0.4, -0.2) is 40.1 Å². The third-order valence-corrected chi connectivity index (χ3v) is 5.36. The zero-order chi connectivity index (χ0) is 19.8. The van der Waals surface area contributed by atoms with Gasteiger partial charge in [-0.1, -0.05) is 19.8 Å². The van der Waals surface area contributed by atoms with Crippen LogP contribution in [0.1, 0.15) is 48.1 Å². The van der Waals surface area contributed by atoms with Gasteiger partial charge in [0, 0.05) is 23.9 Å². The van der Waals surface area contributed by atoms with Crippen molar-refractivity contribution in [3.05, 3.63) is 45.7 Å². The highest BCUT2D eigenvalue weighted by molar-refractivity contribution is 5.87. The molecule has 0 bridgehead atoms. The van der Waals surface area contributed by atoms with E-state index in [0.717, 1.165) is 30.4 Å². The Morgan fingerprint density at radius 1 is 1.21 bits per heavy atom. The fourth-order valence-electron chi connectivity index (χ4n) is 3.92. The van der Waals surface area contributed by atoms with Crippen LogP contribution in [0.4, 0.5) is 0 Å². The van der Waals surface area contributed by atoms with Crippen molar-refractivity contribution in [1.29, 1.82) is 0 Å². The first kappa shape index (κ1) is 18.6. The van der Waals surface area contributed by atoms with E-state index in [2.05, 4.69) is 6.92 Å². The van der Waals surface area contributed by atoms with Gasteiger partial charge in [0.15, 0.2) is 16.9 Å². The Morgan fingerprint density at radius 3 is 2.61 bits per heavy atom. The molecule has 3 heterocycles. The Bertz CT molecular complexity index is 980. The molecule has 2 unspecified atom stereocenters. The van der Waals surface area contributed by atoms with Gasteiger partial charge in [-0.15, -0.1) is 0 Å². The quantitative estimate of drug-likeness (QED) is 0.840. The van der Waals surface area contributed by atoms with Gasteiger partial charge in [-0.05, 0) is 30.5 Å². The third kappa shape index (κ3) is 3.26. The highest BCUT2D eigenvalue weighted by atomic mass is 16.5. The number of unbranched alkanes of at least 4 members (excludes halogenated alkanes) is 1. The van der Waals surface area contributed by atoms with Crippen molar-refractivity contribution in [2.45, 2.75) is 44.8 Å². The molecule has 2 aliphatic rings. The van der Waals surface area contributed by atoms with Crippen LogP contribution in [0.3, 0.4) is 0 Å². The molecule has 7 heteroatoms. The van der Waals surface area contributed by atoms with E-state index in [1.807, 2.05) is 16.7 Å². The molecular formula is C21H23NO6. The van der Waals surface area contributed by atoms with Gasteiger partial charge >= 0.3 is 5.97 Å². The maximum Gasteiger partial charge on any atom is 0.341 e. The summed E-state index contributed by atoms with van der Waals surface area (Å²) in [5.74, 6) is -0.112. The monoisotopic (exact) mass is 385 g/mol. The van der Waals surface area contributed by atoms with Gasteiger partial charge in [0.25, 0.3) is 0 Å². The Balaban J connectivity index is 1.86. The molecule has 1 aromatic heterocycles. The van der Waals surface area contributed by atoms with Crippen molar-refractivity contribution in [2.75, 3.05) is 13.2 Å². The number of pyridine rings is 1. The van der Waals surface area contributed by atoms with Crippen LogP contribution in [0.5, 0.6) is 11.5 Å². The highest BCUT2D eigenvalue weighted by Crippen LogP contribution is 2.42. The lowest BCUT2D eigenvalue weighted by atomic mass is 9.89. The minimum atomic E-state index is -1.21. The van der Waals surface area contributed by atoms with Crippen LogP contribution in [0.15, 0.2) is 29.2 Å². The van der Waals surface area contributed by atoms with Crippen molar-refractivity contribution in [3.8, 4) is 22.8 Å². The molecule has 0 amide bonds. The SMILES string of the molecule is CCCCC1Cc2cc3c(cc2-c2cc(=O)c(C(=O)O)cn21)OCC(O)CO3. The Kier molecular flexibility index (Phi) is 4.85. The molecule has 1 aromatic carbocycles. The molecule has 148 valence electrons. The molecule has 2 aromatic rings. The minimum absolute atomic E-state index is 0.0662. The molecule has 0 radical (unpaired) electrons. The Morgan fingerprint density at radius 2 is 1.93 bits per heavy atom. The van der Waals surface area contributed by atoms with Crippen molar-refractivity contribution >= 4 is 5.97 Å². The summed E-state index contributed by atoms with van der Waals surface area (Å²) >= 11 is 0. The van der Waals surface area contributed by atoms with Gasteiger partial charge in [-0.25, -0.2) is 4.79 Å². The van der Waals surface area contributed by atoms with Crippen molar-refractivity contribution in [2.24, 2.45) is 0 Å². The number of carboxylic acids is 1. The number of carboxylic acid groups (broad SMARTS) is 1. The number of aliphatic hydroxyl groups is 1. The average molecular weight is 385 g/mol. The fourth-order valence-corrected chi connectivity index (χ4v) is 3.92. The van der Waals surface area contributed by atoms with E-state index in [-0.39, 0.29) is 24.8 Å². The van der Waals surface area contributed by atoms with Crippen LogP contribution in [-0.2, 0) is 6.42 Å². The summed E-state index contributed by atoms with van der Waals surface area (Å²) in [5.41, 5.74) is 1.82. The van der Waals surface area contributed by atoms with Gasteiger partial charge in [0.1, 0.15) is 24.9 Å². The first-order valence-corrected chi connectivity index (χ1v) is 9.58. The topological polar surface area (TPSA) is 98.0 Å². The number of fused-ring (bicyclic) bond motifs is 4. The number of hydrogen-bond acceptors (Lipinski definition) is 5. The van der Waals surface area contributed by atoms with E-state index >= 15 is 0 Å². The highest BCUT2D eigenvalue weighted by Gasteiger charge is 2.28. The molecular weight excluding hydrogens is 362 g/mol. The lowest BCUT2D eigenvalue weighted by molar-refractivity contribution is 0.0694. The summed E-state index contributed by atoms with van der Waals surface area (Å²) in [7, 11) is 0. The molecule has 0 spiro atoms. The van der Waals surface area contributed by atoms with E-state index in [4.69, 9.17) is 9.47 Å². The van der Waals surface area contributed by atoms with E-state index in [0.29, 0.717) is 23.6 Å². The molecule has 2 aliphatic heterocycles. The second-order valence-corrected chi connectivity index (χ2v) is 7.38. The summed E-state index contributed by atoms with van der Waals surface area (Å²) < 4.78 is 13.3. The molecule has 2 atom stereocenters. The number of ether oxygens (including phenoxy) is 2. The third-order valence-electron chi connectivity index (χ3n) is 5.36. The van der Waals surface area contributed by atoms with Gasteiger partial charge in [0.2, 0.25) is 0 Å². The van der Waals surface area contributed by atoms with Crippen molar-refractivity contribution in [3.63, 3.8) is 0 Å². The molecule has 4 rings (SSSR count). The lowest BCUT2D eigenvalue weighted by Crippen LogP contribution is -2.25. The summed E-state index contributed by atoms with van der Waals surface area (Å²) in [6.07, 6.45) is 4.40. The van der Waals surface area contributed by atoms with Gasteiger partial charge in [-0.2, -0.15) is 0 Å². The zero-order valence-electron chi connectivity index (χ0n) is 15.7. The largest absolute Gasteiger partial charge is 0.487 e. The molecule has 0 aliphatic carbocycles. The molecule has 0 saturated carbocycles. The standard InChI is InChI=1S/C21H23NO6/c1-2-3-4-13-5-12-6-19-20(28-11-14(23)10-27-19)7-15(12)17-8-18(24)16(21(25)26)9-22(13)17/h6-9,13-14,23H,2-5,10-11H2,1H3,(H,25,26). The van der Waals surface area contributed by atoms with Crippen LogP contribution in [0.25, 0.3) is 11.3 Å². The molecule has 28 heavy (non-hydrogen) atoms. The zero-order valence-corrected chi connectivity index (χ0v) is 15.7. The van der Waals surface area contributed by atoms with Crippen molar-refractivity contribution in [1.82, 2.24) is 4.57 Å². The normalized spacial score (nSPS) is 20.1. The first-order valence-electron chi connectivity index (χ1n) is 9.58. The summed E-state index contributed by atoms with van der Waals surface area (Å²) in [4.78, 5) is 23.8. The molecule has 0 fully saturated rings. The average Bonchev–Trinajstić information content (AvgIpc) is 2.85.